The van der Waals surface area contributed by atoms with Crippen LogP contribution in [0.5, 0.6) is 0 Å². The van der Waals surface area contributed by atoms with Crippen LogP contribution in [-0.2, 0) is 4.79 Å². The number of unbranched alkanes of at least 4 members (excludes halogenated alkanes) is 1. The highest BCUT2D eigenvalue weighted by Gasteiger charge is 2.16. The maximum Gasteiger partial charge on any atom is 0.230 e. The van der Waals surface area contributed by atoms with Gasteiger partial charge < -0.3 is 5.32 Å². The van der Waals surface area contributed by atoms with E-state index in [1.165, 1.54) is 11.8 Å². The summed E-state index contributed by atoms with van der Waals surface area (Å²) in [5.41, 5.74) is 1.97. The molecule has 2 aromatic carbocycles. The molecule has 1 heterocycles. The summed E-state index contributed by atoms with van der Waals surface area (Å²) in [6, 6.07) is 19.9. The number of nitrogens with zero attached hydrogens (tertiary/aromatic N) is 3. The van der Waals surface area contributed by atoms with E-state index in [-0.39, 0.29) is 5.91 Å². The molecular weight excluding hydrogens is 344 g/mol. The minimum atomic E-state index is 0.0207. The fourth-order valence-corrected chi connectivity index (χ4v) is 3.31. The first kappa shape index (κ1) is 18.2. The van der Waals surface area contributed by atoms with Gasteiger partial charge in [0.15, 0.2) is 11.0 Å². The number of thioether (sulfide) groups is 1. The van der Waals surface area contributed by atoms with E-state index in [2.05, 4.69) is 22.4 Å². The Morgan fingerprint density at radius 1 is 1.04 bits per heavy atom. The van der Waals surface area contributed by atoms with Crippen molar-refractivity contribution >= 4 is 17.7 Å². The molecule has 0 atom stereocenters. The van der Waals surface area contributed by atoms with Crippen molar-refractivity contribution in [3.8, 4) is 17.1 Å². The fourth-order valence-electron chi connectivity index (χ4n) is 2.53. The minimum Gasteiger partial charge on any atom is -0.355 e. The second kappa shape index (κ2) is 9.20. The van der Waals surface area contributed by atoms with Gasteiger partial charge in [-0.3, -0.25) is 9.36 Å². The van der Waals surface area contributed by atoms with Crippen LogP contribution in [0.1, 0.15) is 19.8 Å². The van der Waals surface area contributed by atoms with Crippen molar-refractivity contribution in [3.05, 3.63) is 60.7 Å². The second-order valence-electron chi connectivity index (χ2n) is 5.84. The highest BCUT2D eigenvalue weighted by atomic mass is 32.2. The first-order valence-corrected chi connectivity index (χ1v) is 9.74. The van der Waals surface area contributed by atoms with Gasteiger partial charge in [-0.15, -0.1) is 10.2 Å². The van der Waals surface area contributed by atoms with Crippen LogP contribution in [-0.4, -0.2) is 33.0 Å². The Morgan fingerprint density at radius 2 is 1.73 bits per heavy atom. The smallest absolute Gasteiger partial charge is 0.230 e. The molecule has 3 rings (SSSR count). The van der Waals surface area contributed by atoms with Gasteiger partial charge in [-0.2, -0.15) is 0 Å². The number of nitrogens with one attached hydrogen (secondary N) is 1. The summed E-state index contributed by atoms with van der Waals surface area (Å²) in [5.74, 6) is 1.11. The van der Waals surface area contributed by atoms with Gasteiger partial charge in [-0.05, 0) is 18.6 Å². The van der Waals surface area contributed by atoms with Crippen LogP contribution in [0, 0.1) is 0 Å². The molecule has 0 saturated heterocycles. The summed E-state index contributed by atoms with van der Waals surface area (Å²) >= 11 is 1.40. The lowest BCUT2D eigenvalue weighted by Crippen LogP contribution is -2.26. The Kier molecular flexibility index (Phi) is 6.44. The molecule has 0 spiro atoms. The Bertz CT molecular complexity index is 834. The number of hydrogen-bond acceptors (Lipinski definition) is 4. The van der Waals surface area contributed by atoms with E-state index >= 15 is 0 Å². The Morgan fingerprint density at radius 3 is 2.42 bits per heavy atom. The van der Waals surface area contributed by atoms with Crippen molar-refractivity contribution in [3.63, 3.8) is 0 Å². The normalized spacial score (nSPS) is 10.7. The van der Waals surface area contributed by atoms with Crippen molar-refractivity contribution in [1.29, 1.82) is 0 Å². The van der Waals surface area contributed by atoms with Crippen LogP contribution >= 0.6 is 11.8 Å². The topological polar surface area (TPSA) is 59.8 Å². The lowest BCUT2D eigenvalue weighted by molar-refractivity contribution is -0.118. The molecular formula is C20H22N4OS. The summed E-state index contributed by atoms with van der Waals surface area (Å²) in [6.07, 6.45) is 2.06. The molecule has 3 aromatic rings. The molecule has 6 heteroatoms. The van der Waals surface area contributed by atoms with Crippen molar-refractivity contribution < 1.29 is 4.79 Å². The zero-order valence-electron chi connectivity index (χ0n) is 14.8. The Labute approximate surface area is 157 Å². The van der Waals surface area contributed by atoms with Gasteiger partial charge in [0.05, 0.1) is 5.75 Å². The lowest BCUT2D eigenvalue weighted by atomic mass is 10.2. The zero-order valence-corrected chi connectivity index (χ0v) is 15.6. The van der Waals surface area contributed by atoms with Crippen LogP contribution in [0.15, 0.2) is 65.8 Å². The maximum absolute atomic E-state index is 12.0. The number of aromatic nitrogens is 3. The molecule has 134 valence electrons. The number of rotatable bonds is 8. The first-order chi connectivity index (χ1) is 12.8. The number of carbonyl (C=O) groups excluding carboxylic acids is 1. The van der Waals surface area contributed by atoms with E-state index in [4.69, 9.17) is 0 Å². The summed E-state index contributed by atoms with van der Waals surface area (Å²) in [6.45, 7) is 2.82. The molecule has 0 bridgehead atoms. The fraction of sp³-hybridized carbons (Fsp3) is 0.250. The largest absolute Gasteiger partial charge is 0.355 e. The molecule has 1 N–H and O–H groups in total. The third kappa shape index (κ3) is 4.52. The highest BCUT2D eigenvalue weighted by molar-refractivity contribution is 7.99. The van der Waals surface area contributed by atoms with Gasteiger partial charge in [0.1, 0.15) is 0 Å². The predicted octanol–water partition coefficient (Wildman–Crippen LogP) is 3.94. The number of hydrogen-bond donors (Lipinski definition) is 1. The van der Waals surface area contributed by atoms with Gasteiger partial charge in [-0.1, -0.05) is 73.6 Å². The number of amides is 1. The molecule has 26 heavy (non-hydrogen) atoms. The molecule has 0 unspecified atom stereocenters. The standard InChI is InChI=1S/C20H22N4OS/c1-2-3-14-21-18(25)15-26-20-23-22-19(16-10-6-4-7-11-16)24(20)17-12-8-5-9-13-17/h4-13H,2-3,14-15H2,1H3,(H,21,25). The number of carbonyl (C=O) groups is 1. The van der Waals surface area contributed by atoms with Crippen molar-refractivity contribution in [1.82, 2.24) is 20.1 Å². The molecule has 1 amide bonds. The lowest BCUT2D eigenvalue weighted by Gasteiger charge is -2.10. The van der Waals surface area contributed by atoms with Crippen LogP contribution < -0.4 is 5.32 Å². The van der Waals surface area contributed by atoms with Crippen molar-refractivity contribution in [2.45, 2.75) is 24.9 Å². The maximum atomic E-state index is 12.0. The molecule has 1 aromatic heterocycles. The molecule has 0 saturated carbocycles. The molecule has 0 aliphatic carbocycles. The van der Waals surface area contributed by atoms with Gasteiger partial charge in [0, 0.05) is 17.8 Å². The third-order valence-electron chi connectivity index (χ3n) is 3.86. The summed E-state index contributed by atoms with van der Waals surface area (Å²) in [4.78, 5) is 12.0. The molecule has 0 radical (unpaired) electrons. The van der Waals surface area contributed by atoms with Crippen LogP contribution in [0.25, 0.3) is 17.1 Å². The third-order valence-corrected chi connectivity index (χ3v) is 4.79. The van der Waals surface area contributed by atoms with Crippen molar-refractivity contribution in [2.24, 2.45) is 0 Å². The highest BCUT2D eigenvalue weighted by Crippen LogP contribution is 2.27. The van der Waals surface area contributed by atoms with Gasteiger partial charge in [-0.25, -0.2) is 0 Å². The van der Waals surface area contributed by atoms with E-state index < -0.39 is 0 Å². The van der Waals surface area contributed by atoms with E-state index in [9.17, 15) is 4.79 Å². The van der Waals surface area contributed by atoms with E-state index in [1.807, 2.05) is 65.2 Å². The molecule has 0 aliphatic rings. The summed E-state index contributed by atoms with van der Waals surface area (Å²) in [5, 5.41) is 12.4. The molecule has 0 fully saturated rings. The number of benzene rings is 2. The van der Waals surface area contributed by atoms with Crippen LogP contribution in [0.4, 0.5) is 0 Å². The monoisotopic (exact) mass is 366 g/mol. The second-order valence-corrected chi connectivity index (χ2v) is 6.78. The zero-order chi connectivity index (χ0) is 18.2. The molecule has 0 aliphatic heterocycles. The predicted molar refractivity (Wildman–Crippen MR) is 105 cm³/mol. The first-order valence-electron chi connectivity index (χ1n) is 8.75. The molecule has 5 nitrogen and oxygen atoms in total. The van der Waals surface area contributed by atoms with Crippen LogP contribution in [0.3, 0.4) is 0 Å². The average Bonchev–Trinajstić information content (AvgIpc) is 3.12. The van der Waals surface area contributed by atoms with Gasteiger partial charge in [0.25, 0.3) is 0 Å². The summed E-state index contributed by atoms with van der Waals surface area (Å²) in [7, 11) is 0. The number of para-hydroxylation sites is 1. The average molecular weight is 366 g/mol. The van der Waals surface area contributed by atoms with Gasteiger partial charge >= 0.3 is 0 Å². The summed E-state index contributed by atoms with van der Waals surface area (Å²) < 4.78 is 2.00. The van der Waals surface area contributed by atoms with Gasteiger partial charge in [0.2, 0.25) is 5.91 Å². The van der Waals surface area contributed by atoms with E-state index in [0.717, 1.165) is 36.5 Å². The van der Waals surface area contributed by atoms with Crippen molar-refractivity contribution in [2.75, 3.05) is 12.3 Å². The minimum absolute atomic E-state index is 0.0207. The Balaban J connectivity index is 1.84. The van der Waals surface area contributed by atoms with E-state index in [0.29, 0.717) is 10.9 Å². The van der Waals surface area contributed by atoms with Crippen LogP contribution in [0.2, 0.25) is 0 Å². The quantitative estimate of drug-likeness (QED) is 0.484. The van der Waals surface area contributed by atoms with E-state index in [1.54, 1.807) is 0 Å². The Hall–Kier alpha value is -2.60. The SMILES string of the molecule is CCCCNC(=O)CSc1nnc(-c2ccccc2)n1-c1ccccc1.